The maximum Gasteiger partial charge on any atom is 0.416 e. The van der Waals surface area contributed by atoms with Crippen molar-refractivity contribution in [3.05, 3.63) is 81.3 Å². The number of nitrogens with one attached hydrogen (secondary N) is 1. The van der Waals surface area contributed by atoms with Crippen LogP contribution in [0, 0.1) is 13.8 Å². The molecule has 3 rings (SSSR count). The summed E-state index contributed by atoms with van der Waals surface area (Å²) in [7, 11) is -1.06. The number of rotatable bonds is 5. The minimum atomic E-state index is -4.58. The monoisotopic (exact) mass is 494 g/mol. The summed E-state index contributed by atoms with van der Waals surface area (Å²) >= 11 is 0. The van der Waals surface area contributed by atoms with Crippen LogP contribution < -0.4 is 10.7 Å². The van der Waals surface area contributed by atoms with Crippen molar-refractivity contribution in [1.29, 1.82) is 0 Å². The molecule has 8 nitrogen and oxygen atoms in total. The summed E-state index contributed by atoms with van der Waals surface area (Å²) in [6, 6.07) is 9.52. The molecule has 1 heterocycles. The van der Waals surface area contributed by atoms with E-state index >= 15 is 0 Å². The van der Waals surface area contributed by atoms with Crippen LogP contribution in [0.4, 0.5) is 18.9 Å². The van der Waals surface area contributed by atoms with Gasteiger partial charge in [0.1, 0.15) is 0 Å². The maximum absolute atomic E-state index is 13.1. The highest BCUT2D eigenvalue weighted by atomic mass is 32.2. The van der Waals surface area contributed by atoms with Gasteiger partial charge in [0.05, 0.1) is 16.1 Å². The third-order valence-corrected chi connectivity index (χ3v) is 6.79. The fraction of sp³-hybridized carbons (Fsp3) is 0.227. The summed E-state index contributed by atoms with van der Waals surface area (Å²) in [5.74, 6) is -0.937. The van der Waals surface area contributed by atoms with Gasteiger partial charge in [-0.2, -0.15) is 18.3 Å². The topological polar surface area (TPSA) is 101 Å². The number of carbonyl (C=O) groups is 1. The Bertz CT molecular complexity index is 1430. The second-order valence-corrected chi connectivity index (χ2v) is 9.83. The average Bonchev–Trinajstić information content (AvgIpc) is 2.74. The molecule has 1 N–H and O–H groups in total. The first kappa shape index (κ1) is 25.1. The highest BCUT2D eigenvalue weighted by Crippen LogP contribution is 2.30. The molecule has 0 aliphatic heterocycles. The summed E-state index contributed by atoms with van der Waals surface area (Å²) in [6.07, 6.45) is -4.58. The third kappa shape index (κ3) is 5.02. The van der Waals surface area contributed by atoms with Crippen molar-refractivity contribution >= 4 is 21.6 Å². The molecule has 3 aromatic rings. The Labute approximate surface area is 193 Å². The number of nitrogens with zero attached hydrogens (tertiary/aromatic N) is 3. The van der Waals surface area contributed by atoms with Crippen LogP contribution in [0.1, 0.15) is 27.3 Å². The van der Waals surface area contributed by atoms with E-state index in [0.717, 1.165) is 27.2 Å². The van der Waals surface area contributed by atoms with E-state index in [0.29, 0.717) is 5.56 Å². The van der Waals surface area contributed by atoms with E-state index < -0.39 is 38.8 Å². The van der Waals surface area contributed by atoms with Gasteiger partial charge in [-0.15, -0.1) is 0 Å². The van der Waals surface area contributed by atoms with Crippen molar-refractivity contribution in [1.82, 2.24) is 14.1 Å². The van der Waals surface area contributed by atoms with E-state index in [4.69, 9.17) is 0 Å². The van der Waals surface area contributed by atoms with E-state index in [2.05, 4.69) is 10.4 Å². The Morgan fingerprint density at radius 1 is 1.06 bits per heavy atom. The quantitative estimate of drug-likeness (QED) is 0.586. The first-order valence-corrected chi connectivity index (χ1v) is 11.3. The van der Waals surface area contributed by atoms with Crippen molar-refractivity contribution in [3.63, 3.8) is 0 Å². The molecule has 0 atom stereocenters. The molecule has 0 saturated carbocycles. The molecule has 0 bridgehead atoms. The highest BCUT2D eigenvalue weighted by Gasteiger charge is 2.30. The zero-order valence-electron chi connectivity index (χ0n) is 18.6. The molecule has 0 saturated heterocycles. The van der Waals surface area contributed by atoms with Crippen LogP contribution in [0.2, 0.25) is 0 Å². The number of halogens is 3. The Kier molecular flexibility index (Phi) is 6.67. The minimum Gasteiger partial charge on any atom is -0.320 e. The fourth-order valence-corrected chi connectivity index (χ4v) is 4.00. The van der Waals surface area contributed by atoms with E-state index in [9.17, 15) is 31.2 Å². The number of alkyl halides is 3. The normalized spacial score (nSPS) is 12.1. The van der Waals surface area contributed by atoms with Gasteiger partial charge in [-0.3, -0.25) is 9.59 Å². The van der Waals surface area contributed by atoms with Gasteiger partial charge in [-0.1, -0.05) is 12.1 Å². The number of aromatic nitrogens is 2. The number of benzene rings is 2. The molecule has 0 radical (unpaired) electrons. The zero-order valence-corrected chi connectivity index (χ0v) is 19.5. The van der Waals surface area contributed by atoms with Crippen molar-refractivity contribution in [3.8, 4) is 5.69 Å². The predicted molar refractivity (Wildman–Crippen MR) is 120 cm³/mol. The van der Waals surface area contributed by atoms with Crippen molar-refractivity contribution in [2.24, 2.45) is 0 Å². The molecule has 0 aliphatic rings. The van der Waals surface area contributed by atoms with Gasteiger partial charge in [0.2, 0.25) is 15.5 Å². The van der Waals surface area contributed by atoms with Crippen LogP contribution in [0.3, 0.4) is 0 Å². The Morgan fingerprint density at radius 2 is 1.74 bits per heavy atom. The molecular weight excluding hydrogens is 473 g/mol. The summed E-state index contributed by atoms with van der Waals surface area (Å²) < 4.78 is 66.2. The number of amides is 1. The molecule has 1 amide bonds. The molecule has 0 unspecified atom stereocenters. The lowest BCUT2D eigenvalue weighted by Gasteiger charge is -2.15. The summed E-state index contributed by atoms with van der Waals surface area (Å²) in [4.78, 5) is 25.3. The van der Waals surface area contributed by atoms with Crippen LogP contribution in [0.25, 0.3) is 5.69 Å². The number of hydrogen-bond acceptors (Lipinski definition) is 5. The largest absolute Gasteiger partial charge is 0.416 e. The van der Waals surface area contributed by atoms with Crippen LogP contribution in [-0.4, -0.2) is 42.5 Å². The third-order valence-electron chi connectivity index (χ3n) is 4.98. The Morgan fingerprint density at radius 3 is 2.35 bits per heavy atom. The molecule has 0 spiro atoms. The number of aryl methyl sites for hydroxylation is 2. The first-order valence-electron chi connectivity index (χ1n) is 9.85. The standard InChI is InChI=1S/C22H21F3N4O4S/c1-13-8-9-17(34(32,33)28(3)4)12-18(13)26-21(31)20-19(30)10-14(2)29(27-20)16-7-5-6-15(11-16)22(23,24)25/h5-12H,1-4H3,(H,26,31). The molecule has 34 heavy (non-hydrogen) atoms. The van der Waals surface area contributed by atoms with Gasteiger partial charge in [-0.05, 0) is 49.7 Å². The van der Waals surface area contributed by atoms with Crippen LogP contribution in [0.5, 0.6) is 0 Å². The van der Waals surface area contributed by atoms with E-state index in [1.807, 2.05) is 0 Å². The van der Waals surface area contributed by atoms with Crippen LogP contribution in [0.15, 0.2) is 58.2 Å². The molecule has 0 fully saturated rings. The van der Waals surface area contributed by atoms with Crippen molar-refractivity contribution < 1.29 is 26.4 Å². The predicted octanol–water partition coefficient (Wildman–Crippen LogP) is 3.37. The van der Waals surface area contributed by atoms with E-state index in [1.165, 1.54) is 51.4 Å². The second-order valence-electron chi connectivity index (χ2n) is 7.68. The van der Waals surface area contributed by atoms with Crippen molar-refractivity contribution in [2.45, 2.75) is 24.9 Å². The van der Waals surface area contributed by atoms with E-state index in [1.54, 1.807) is 6.92 Å². The second kappa shape index (κ2) is 9.03. The minimum absolute atomic E-state index is 0.0108. The molecule has 0 aliphatic carbocycles. The summed E-state index contributed by atoms with van der Waals surface area (Å²) in [5, 5.41) is 6.46. The summed E-state index contributed by atoms with van der Waals surface area (Å²) in [5.41, 5.74) is -1.33. The maximum atomic E-state index is 13.1. The highest BCUT2D eigenvalue weighted by molar-refractivity contribution is 7.89. The van der Waals surface area contributed by atoms with Gasteiger partial charge in [0, 0.05) is 31.5 Å². The zero-order chi connectivity index (χ0) is 25.4. The molecule has 12 heteroatoms. The van der Waals surface area contributed by atoms with Crippen LogP contribution in [-0.2, 0) is 16.2 Å². The van der Waals surface area contributed by atoms with Gasteiger partial charge in [-0.25, -0.2) is 17.4 Å². The number of anilines is 1. The van der Waals surface area contributed by atoms with Gasteiger partial charge >= 0.3 is 6.18 Å². The van der Waals surface area contributed by atoms with Gasteiger partial charge in [0.15, 0.2) is 5.69 Å². The van der Waals surface area contributed by atoms with Gasteiger partial charge < -0.3 is 5.32 Å². The average molecular weight is 494 g/mol. The fourth-order valence-electron chi connectivity index (χ4n) is 3.07. The number of sulfonamides is 1. The summed E-state index contributed by atoms with van der Waals surface area (Å²) in [6.45, 7) is 3.10. The lowest BCUT2D eigenvalue weighted by molar-refractivity contribution is -0.137. The van der Waals surface area contributed by atoms with Crippen LogP contribution >= 0.6 is 0 Å². The van der Waals surface area contributed by atoms with Crippen molar-refractivity contribution in [2.75, 3.05) is 19.4 Å². The lowest BCUT2D eigenvalue weighted by Crippen LogP contribution is -2.27. The lowest BCUT2D eigenvalue weighted by atomic mass is 10.2. The number of carbonyl (C=O) groups excluding carboxylic acids is 1. The molecule has 1 aromatic heterocycles. The smallest absolute Gasteiger partial charge is 0.320 e. The molecule has 2 aromatic carbocycles. The number of hydrogen-bond donors (Lipinski definition) is 1. The molecular formula is C22H21F3N4O4S. The Balaban J connectivity index is 2.03. The van der Waals surface area contributed by atoms with Gasteiger partial charge in [0.25, 0.3) is 5.91 Å². The Hall–Kier alpha value is -3.51. The van der Waals surface area contributed by atoms with E-state index in [-0.39, 0.29) is 22.0 Å². The first-order chi connectivity index (χ1) is 15.7. The SMILES string of the molecule is Cc1ccc(S(=O)(=O)N(C)C)cc1NC(=O)c1nn(-c2cccc(C(F)(F)F)c2)c(C)cc1=O. The molecule has 180 valence electrons.